The van der Waals surface area contributed by atoms with E-state index in [1.807, 2.05) is 24.3 Å². The van der Waals surface area contributed by atoms with Crippen molar-refractivity contribution in [3.05, 3.63) is 59.1 Å². The molecule has 2 N–H and O–H groups in total. The summed E-state index contributed by atoms with van der Waals surface area (Å²) in [5, 5.41) is 0.778. The number of halogens is 1. The highest BCUT2D eigenvalue weighted by Crippen LogP contribution is 2.28. The predicted molar refractivity (Wildman–Crippen MR) is 74.1 cm³/mol. The number of nitrogens with two attached hydrogens (primary N) is 1. The molecule has 2 aromatic rings. The number of benzene rings is 2. The van der Waals surface area contributed by atoms with Crippen LogP contribution in [0.3, 0.4) is 0 Å². The van der Waals surface area contributed by atoms with Crippen molar-refractivity contribution in [1.82, 2.24) is 0 Å². The Kier molecular flexibility index (Phi) is 3.82. The first-order chi connectivity index (χ1) is 8.22. The normalized spacial score (nSPS) is 12.4. The Balaban J connectivity index is 2.33. The van der Waals surface area contributed by atoms with Gasteiger partial charge in [-0.05, 0) is 23.6 Å². The minimum Gasteiger partial charge on any atom is -0.324 e. The van der Waals surface area contributed by atoms with Crippen LogP contribution in [-0.2, 0) is 0 Å². The fraction of sp³-hybridized carbons (Fsp3) is 0.200. The van der Waals surface area contributed by atoms with Crippen LogP contribution in [0.25, 0.3) is 11.1 Å². The van der Waals surface area contributed by atoms with Crippen LogP contribution in [0, 0.1) is 0 Å². The van der Waals surface area contributed by atoms with Crippen molar-refractivity contribution in [2.75, 3.05) is 0 Å². The Bertz CT molecular complexity index is 491. The second-order valence-corrected chi connectivity index (χ2v) is 4.52. The average Bonchev–Trinajstić information content (AvgIpc) is 2.39. The first kappa shape index (κ1) is 12.2. The van der Waals surface area contributed by atoms with Crippen LogP contribution in [0.1, 0.15) is 24.9 Å². The molecule has 2 heteroatoms. The highest BCUT2D eigenvalue weighted by Gasteiger charge is 2.05. The van der Waals surface area contributed by atoms with E-state index >= 15 is 0 Å². The van der Waals surface area contributed by atoms with Gasteiger partial charge in [-0.25, -0.2) is 0 Å². The maximum Gasteiger partial charge on any atom is 0.0484 e. The first-order valence-corrected chi connectivity index (χ1v) is 6.20. The SMILES string of the molecule is CCC(N)c1ccc(-c2ccccc2Cl)cc1. The predicted octanol–water partition coefficient (Wildman–Crippen LogP) is 4.42. The maximum absolute atomic E-state index is 6.16. The molecule has 0 aliphatic heterocycles. The summed E-state index contributed by atoms with van der Waals surface area (Å²) >= 11 is 6.16. The van der Waals surface area contributed by atoms with E-state index in [4.69, 9.17) is 17.3 Å². The molecule has 0 aliphatic rings. The number of rotatable bonds is 3. The molecule has 0 spiro atoms. The lowest BCUT2D eigenvalue weighted by Gasteiger charge is -2.10. The van der Waals surface area contributed by atoms with Gasteiger partial charge in [-0.15, -0.1) is 0 Å². The molecule has 0 saturated heterocycles. The molecule has 0 saturated carbocycles. The second kappa shape index (κ2) is 5.35. The Labute approximate surface area is 107 Å². The summed E-state index contributed by atoms with van der Waals surface area (Å²) in [6.45, 7) is 2.09. The van der Waals surface area contributed by atoms with Gasteiger partial charge in [-0.2, -0.15) is 0 Å². The molecular weight excluding hydrogens is 230 g/mol. The van der Waals surface area contributed by atoms with Gasteiger partial charge in [0.2, 0.25) is 0 Å². The van der Waals surface area contributed by atoms with E-state index in [0.29, 0.717) is 0 Å². The molecule has 0 aliphatic carbocycles. The van der Waals surface area contributed by atoms with Gasteiger partial charge in [-0.3, -0.25) is 0 Å². The zero-order valence-corrected chi connectivity index (χ0v) is 10.6. The fourth-order valence-electron chi connectivity index (χ4n) is 1.84. The van der Waals surface area contributed by atoms with Crippen molar-refractivity contribution in [2.24, 2.45) is 5.73 Å². The Morgan fingerprint density at radius 1 is 1.06 bits per heavy atom. The zero-order chi connectivity index (χ0) is 12.3. The van der Waals surface area contributed by atoms with E-state index in [1.54, 1.807) is 0 Å². The molecule has 2 aromatic carbocycles. The average molecular weight is 246 g/mol. The quantitative estimate of drug-likeness (QED) is 0.851. The smallest absolute Gasteiger partial charge is 0.0484 e. The lowest BCUT2D eigenvalue weighted by atomic mass is 10.00. The van der Waals surface area contributed by atoms with Gasteiger partial charge in [0.05, 0.1) is 0 Å². The van der Waals surface area contributed by atoms with Gasteiger partial charge in [0, 0.05) is 16.6 Å². The summed E-state index contributed by atoms with van der Waals surface area (Å²) in [7, 11) is 0. The van der Waals surface area contributed by atoms with Crippen LogP contribution in [0.5, 0.6) is 0 Å². The standard InChI is InChI=1S/C15H16ClN/c1-2-15(17)12-9-7-11(8-10-12)13-5-3-4-6-14(13)16/h3-10,15H,2,17H2,1H3. The number of hydrogen-bond donors (Lipinski definition) is 1. The van der Waals surface area contributed by atoms with E-state index in [9.17, 15) is 0 Å². The van der Waals surface area contributed by atoms with Crippen LogP contribution < -0.4 is 5.73 Å². The topological polar surface area (TPSA) is 26.0 Å². The molecule has 1 unspecified atom stereocenters. The fourth-order valence-corrected chi connectivity index (χ4v) is 2.09. The third kappa shape index (κ3) is 2.68. The van der Waals surface area contributed by atoms with E-state index < -0.39 is 0 Å². The molecule has 1 nitrogen and oxygen atoms in total. The van der Waals surface area contributed by atoms with Crippen molar-refractivity contribution in [2.45, 2.75) is 19.4 Å². The van der Waals surface area contributed by atoms with Crippen molar-refractivity contribution in [1.29, 1.82) is 0 Å². The minimum absolute atomic E-state index is 0.121. The first-order valence-electron chi connectivity index (χ1n) is 5.83. The van der Waals surface area contributed by atoms with Crippen molar-refractivity contribution < 1.29 is 0 Å². The summed E-state index contributed by atoms with van der Waals surface area (Å²) in [5.41, 5.74) is 9.34. The van der Waals surface area contributed by atoms with Crippen LogP contribution >= 0.6 is 11.6 Å². The van der Waals surface area contributed by atoms with Gasteiger partial charge in [-0.1, -0.05) is 61.0 Å². The summed E-state index contributed by atoms with van der Waals surface area (Å²) in [5.74, 6) is 0. The largest absolute Gasteiger partial charge is 0.324 e. The van der Waals surface area contributed by atoms with Crippen molar-refractivity contribution in [3.63, 3.8) is 0 Å². The molecule has 0 aromatic heterocycles. The lowest BCUT2D eigenvalue weighted by Crippen LogP contribution is -2.08. The third-order valence-electron chi connectivity index (χ3n) is 2.96. The van der Waals surface area contributed by atoms with E-state index in [1.165, 1.54) is 5.56 Å². The molecule has 0 fully saturated rings. The van der Waals surface area contributed by atoms with Crippen LogP contribution in [0.15, 0.2) is 48.5 Å². The maximum atomic E-state index is 6.16. The molecular formula is C15H16ClN. The summed E-state index contributed by atoms with van der Waals surface area (Å²) in [6.07, 6.45) is 0.950. The summed E-state index contributed by atoms with van der Waals surface area (Å²) in [4.78, 5) is 0. The molecule has 0 heterocycles. The Hall–Kier alpha value is -1.31. The van der Waals surface area contributed by atoms with Gasteiger partial charge in [0.15, 0.2) is 0 Å². The number of hydrogen-bond acceptors (Lipinski definition) is 1. The van der Waals surface area contributed by atoms with Crippen LogP contribution in [0.2, 0.25) is 5.02 Å². The molecule has 17 heavy (non-hydrogen) atoms. The monoisotopic (exact) mass is 245 g/mol. The minimum atomic E-state index is 0.121. The summed E-state index contributed by atoms with van der Waals surface area (Å²) in [6, 6.07) is 16.3. The molecule has 88 valence electrons. The molecule has 0 amide bonds. The zero-order valence-electron chi connectivity index (χ0n) is 9.86. The van der Waals surface area contributed by atoms with Gasteiger partial charge < -0.3 is 5.73 Å². The highest BCUT2D eigenvalue weighted by molar-refractivity contribution is 6.33. The van der Waals surface area contributed by atoms with E-state index in [2.05, 4.69) is 31.2 Å². The molecule has 2 rings (SSSR count). The molecule has 0 radical (unpaired) electrons. The molecule has 1 atom stereocenters. The van der Waals surface area contributed by atoms with Crippen molar-refractivity contribution >= 4 is 11.6 Å². The van der Waals surface area contributed by atoms with Crippen LogP contribution in [-0.4, -0.2) is 0 Å². The van der Waals surface area contributed by atoms with Crippen LogP contribution in [0.4, 0.5) is 0 Å². The van der Waals surface area contributed by atoms with Gasteiger partial charge in [0.1, 0.15) is 0 Å². The second-order valence-electron chi connectivity index (χ2n) is 4.12. The Morgan fingerprint density at radius 2 is 1.71 bits per heavy atom. The lowest BCUT2D eigenvalue weighted by molar-refractivity contribution is 0.699. The Morgan fingerprint density at radius 3 is 2.29 bits per heavy atom. The van der Waals surface area contributed by atoms with Crippen molar-refractivity contribution in [3.8, 4) is 11.1 Å². The highest BCUT2D eigenvalue weighted by atomic mass is 35.5. The van der Waals surface area contributed by atoms with Gasteiger partial charge >= 0.3 is 0 Å². The van der Waals surface area contributed by atoms with E-state index in [0.717, 1.165) is 22.6 Å². The summed E-state index contributed by atoms with van der Waals surface area (Å²) < 4.78 is 0. The van der Waals surface area contributed by atoms with E-state index in [-0.39, 0.29) is 6.04 Å². The third-order valence-corrected chi connectivity index (χ3v) is 3.29. The van der Waals surface area contributed by atoms with Gasteiger partial charge in [0.25, 0.3) is 0 Å². The molecule has 0 bridgehead atoms.